The van der Waals surface area contributed by atoms with Gasteiger partial charge in [-0.3, -0.25) is 4.90 Å². The van der Waals surface area contributed by atoms with Crippen LogP contribution in [0.25, 0.3) is 0 Å². The minimum absolute atomic E-state index is 0.348. The summed E-state index contributed by atoms with van der Waals surface area (Å²) in [7, 11) is 5.57. The molecule has 0 fully saturated rings. The monoisotopic (exact) mass is 313 g/mol. The van der Waals surface area contributed by atoms with Gasteiger partial charge in [0.25, 0.3) is 0 Å². The first kappa shape index (κ1) is 13.7. The van der Waals surface area contributed by atoms with Gasteiger partial charge in [-0.1, -0.05) is 0 Å². The number of methoxy groups -OCH3 is 2. The van der Waals surface area contributed by atoms with E-state index >= 15 is 0 Å². The van der Waals surface area contributed by atoms with Gasteiger partial charge in [0.2, 0.25) is 0 Å². The van der Waals surface area contributed by atoms with E-state index in [1.165, 1.54) is 11.1 Å². The minimum atomic E-state index is 0.348. The summed E-state index contributed by atoms with van der Waals surface area (Å²) in [5.74, 6) is 1.76. The Morgan fingerprint density at radius 1 is 1.22 bits per heavy atom. The van der Waals surface area contributed by atoms with Crippen LogP contribution in [0.15, 0.2) is 10.5 Å². The van der Waals surface area contributed by atoms with Gasteiger partial charge >= 0.3 is 0 Å². The van der Waals surface area contributed by atoms with Crippen LogP contribution in [0.3, 0.4) is 0 Å². The Labute approximate surface area is 117 Å². The number of hydrogen-bond donors (Lipinski definition) is 0. The zero-order valence-corrected chi connectivity index (χ0v) is 13.2. The summed E-state index contributed by atoms with van der Waals surface area (Å²) in [5.41, 5.74) is 2.58. The topological polar surface area (TPSA) is 21.7 Å². The Bertz CT molecular complexity index is 462. The van der Waals surface area contributed by atoms with Crippen LogP contribution < -0.4 is 9.47 Å². The normalized spacial score (nSPS) is 23.7. The molecule has 0 N–H and O–H groups in total. The van der Waals surface area contributed by atoms with Crippen molar-refractivity contribution in [1.29, 1.82) is 0 Å². The number of ether oxygens (including phenoxy) is 2. The third-order valence-electron chi connectivity index (χ3n) is 4.00. The zero-order valence-electron chi connectivity index (χ0n) is 11.6. The molecule has 0 bridgehead atoms. The van der Waals surface area contributed by atoms with E-state index in [-0.39, 0.29) is 0 Å². The molecule has 1 aromatic rings. The second-order valence-corrected chi connectivity index (χ2v) is 5.67. The maximum absolute atomic E-state index is 5.54. The van der Waals surface area contributed by atoms with E-state index in [9.17, 15) is 0 Å². The fourth-order valence-electron chi connectivity index (χ4n) is 2.68. The lowest BCUT2D eigenvalue weighted by molar-refractivity contribution is 0.174. The smallest absolute Gasteiger partial charge is 0.137 e. The lowest BCUT2D eigenvalue weighted by Crippen LogP contribution is -2.38. The lowest BCUT2D eigenvalue weighted by atomic mass is 9.89. The first-order chi connectivity index (χ1) is 8.51. The van der Waals surface area contributed by atoms with Gasteiger partial charge < -0.3 is 9.47 Å². The Balaban J connectivity index is 2.65. The van der Waals surface area contributed by atoms with Crippen molar-refractivity contribution in [2.24, 2.45) is 0 Å². The molecule has 0 unspecified atom stereocenters. The van der Waals surface area contributed by atoms with E-state index < -0.39 is 0 Å². The van der Waals surface area contributed by atoms with Gasteiger partial charge in [-0.15, -0.1) is 0 Å². The van der Waals surface area contributed by atoms with Crippen LogP contribution in [0.4, 0.5) is 0 Å². The number of fused-ring (bicyclic) bond motifs is 1. The van der Waals surface area contributed by atoms with Gasteiger partial charge in [0.05, 0.1) is 18.7 Å². The molecule has 2 rings (SSSR count). The van der Waals surface area contributed by atoms with Crippen LogP contribution in [0.1, 0.15) is 31.0 Å². The molecule has 1 aliphatic rings. The molecule has 4 heteroatoms. The highest BCUT2D eigenvalue weighted by Gasteiger charge is 2.31. The molecule has 3 nitrogen and oxygen atoms in total. The summed E-state index contributed by atoms with van der Waals surface area (Å²) in [5, 5.41) is 0. The highest BCUT2D eigenvalue weighted by Crippen LogP contribution is 2.45. The number of rotatable bonds is 2. The fraction of sp³-hybridized carbons (Fsp3) is 0.571. The molecule has 0 radical (unpaired) electrons. The molecule has 2 atom stereocenters. The second kappa shape index (κ2) is 5.10. The highest BCUT2D eigenvalue weighted by molar-refractivity contribution is 9.10. The zero-order chi connectivity index (χ0) is 13.4. The number of hydrogen-bond acceptors (Lipinski definition) is 3. The standard InChI is InChI=1S/C14H20BrNO2/c1-8-6-10-13(9(2)16(8)3)11(17-4)7-12(18-5)14(10)15/h7-9H,6H2,1-5H3/t8-,9+/m0/s1. The Morgan fingerprint density at radius 2 is 1.83 bits per heavy atom. The Hall–Kier alpha value is -0.740. The van der Waals surface area contributed by atoms with Crippen molar-refractivity contribution in [1.82, 2.24) is 4.90 Å². The molecule has 0 amide bonds. The summed E-state index contributed by atoms with van der Waals surface area (Å²) in [4.78, 5) is 2.38. The predicted octanol–water partition coefficient (Wildman–Crippen LogP) is 3.40. The summed E-state index contributed by atoms with van der Waals surface area (Å²) in [6.45, 7) is 4.47. The quantitative estimate of drug-likeness (QED) is 0.835. The van der Waals surface area contributed by atoms with E-state index in [1.807, 2.05) is 6.07 Å². The molecule has 18 heavy (non-hydrogen) atoms. The third kappa shape index (κ3) is 2.01. The first-order valence-corrected chi connectivity index (χ1v) is 6.95. The van der Waals surface area contributed by atoms with Gasteiger partial charge in [-0.2, -0.15) is 0 Å². The van der Waals surface area contributed by atoms with Crippen LogP contribution in [0, 0.1) is 0 Å². The van der Waals surface area contributed by atoms with Crippen molar-refractivity contribution in [3.63, 3.8) is 0 Å². The van der Waals surface area contributed by atoms with Gasteiger partial charge in [-0.25, -0.2) is 0 Å². The largest absolute Gasteiger partial charge is 0.496 e. The summed E-state index contributed by atoms with van der Waals surface area (Å²) in [6.07, 6.45) is 1.00. The summed E-state index contributed by atoms with van der Waals surface area (Å²) < 4.78 is 12.0. The molecular weight excluding hydrogens is 294 g/mol. The van der Waals surface area contributed by atoms with Crippen LogP contribution >= 0.6 is 15.9 Å². The van der Waals surface area contributed by atoms with Crippen molar-refractivity contribution in [2.75, 3.05) is 21.3 Å². The molecular formula is C14H20BrNO2. The summed E-state index contributed by atoms with van der Waals surface area (Å²) in [6, 6.07) is 2.82. The van der Waals surface area contributed by atoms with Gasteiger partial charge in [0, 0.05) is 23.7 Å². The van der Waals surface area contributed by atoms with Gasteiger partial charge in [0.15, 0.2) is 0 Å². The van der Waals surface area contributed by atoms with Crippen LogP contribution in [0.5, 0.6) is 11.5 Å². The van der Waals surface area contributed by atoms with Crippen molar-refractivity contribution in [2.45, 2.75) is 32.4 Å². The van der Waals surface area contributed by atoms with Gasteiger partial charge in [0.1, 0.15) is 11.5 Å². The molecule has 100 valence electrons. The maximum Gasteiger partial charge on any atom is 0.137 e. The van der Waals surface area contributed by atoms with Crippen molar-refractivity contribution in [3.05, 3.63) is 21.7 Å². The fourth-order valence-corrected chi connectivity index (χ4v) is 3.33. The van der Waals surface area contributed by atoms with Crippen molar-refractivity contribution in [3.8, 4) is 11.5 Å². The van der Waals surface area contributed by atoms with E-state index in [1.54, 1.807) is 14.2 Å². The van der Waals surface area contributed by atoms with Crippen molar-refractivity contribution >= 4 is 15.9 Å². The predicted molar refractivity (Wildman–Crippen MR) is 76.6 cm³/mol. The summed E-state index contributed by atoms with van der Waals surface area (Å²) >= 11 is 3.67. The number of benzene rings is 1. The molecule has 0 aromatic heterocycles. The molecule has 0 spiro atoms. The average molecular weight is 314 g/mol. The molecule has 1 aliphatic heterocycles. The Morgan fingerprint density at radius 3 is 2.39 bits per heavy atom. The van der Waals surface area contributed by atoms with Crippen molar-refractivity contribution < 1.29 is 9.47 Å². The number of nitrogens with zero attached hydrogens (tertiary/aromatic N) is 1. The van der Waals surface area contributed by atoms with E-state index in [0.717, 1.165) is 22.4 Å². The second-order valence-electron chi connectivity index (χ2n) is 4.88. The van der Waals surface area contributed by atoms with E-state index in [2.05, 4.69) is 41.7 Å². The molecule has 1 aromatic carbocycles. The molecule has 0 aliphatic carbocycles. The molecule has 1 heterocycles. The Kier molecular flexibility index (Phi) is 3.87. The lowest BCUT2D eigenvalue weighted by Gasteiger charge is -2.39. The molecule has 0 saturated carbocycles. The SMILES string of the molecule is COc1cc(OC)c2c(c1Br)C[C@H](C)N(C)[C@@H]2C. The minimum Gasteiger partial charge on any atom is -0.496 e. The molecule has 0 saturated heterocycles. The third-order valence-corrected chi connectivity index (χ3v) is 4.87. The maximum atomic E-state index is 5.54. The van der Waals surface area contributed by atoms with Crippen LogP contribution in [-0.2, 0) is 6.42 Å². The van der Waals surface area contributed by atoms with Gasteiger partial charge in [-0.05, 0) is 48.8 Å². The number of halogens is 1. The van der Waals surface area contributed by atoms with E-state index in [4.69, 9.17) is 9.47 Å². The van der Waals surface area contributed by atoms with Crippen LogP contribution in [-0.4, -0.2) is 32.2 Å². The average Bonchev–Trinajstić information content (AvgIpc) is 2.37. The number of likely N-dealkylation sites (N-methyl/N-ethyl adjacent to an activating group) is 1. The van der Waals surface area contributed by atoms with E-state index in [0.29, 0.717) is 12.1 Å². The first-order valence-electron chi connectivity index (χ1n) is 6.16. The van der Waals surface area contributed by atoms with Crippen LogP contribution in [0.2, 0.25) is 0 Å². The highest BCUT2D eigenvalue weighted by atomic mass is 79.9.